The fourth-order valence-electron chi connectivity index (χ4n) is 3.27. The van der Waals surface area contributed by atoms with E-state index in [4.69, 9.17) is 0 Å². The highest BCUT2D eigenvalue weighted by Gasteiger charge is 2.34. The van der Waals surface area contributed by atoms with Crippen LogP contribution >= 0.6 is 11.8 Å². The summed E-state index contributed by atoms with van der Waals surface area (Å²) in [6.07, 6.45) is 3.00. The Kier molecular flexibility index (Phi) is 11.9. The SMILES string of the molecule is CCC(C)C(NC(=O)C(CCSC)NC(=O)C(NC(=O)C1CCCN1)C(C)O)C(=O)O. The molecule has 0 aromatic heterocycles. The van der Waals surface area contributed by atoms with Gasteiger partial charge in [-0.05, 0) is 50.7 Å². The van der Waals surface area contributed by atoms with Gasteiger partial charge in [0.15, 0.2) is 0 Å². The summed E-state index contributed by atoms with van der Waals surface area (Å²) >= 11 is 1.48. The number of carboxylic acids is 1. The molecule has 0 aromatic carbocycles. The van der Waals surface area contributed by atoms with Crippen molar-refractivity contribution in [1.82, 2.24) is 21.3 Å². The summed E-state index contributed by atoms with van der Waals surface area (Å²) in [5.74, 6) is -2.57. The fraction of sp³-hybridized carbons (Fsp3) is 0.800. The molecular weight excluding hydrogens is 424 g/mol. The van der Waals surface area contributed by atoms with Gasteiger partial charge in [0.25, 0.3) is 0 Å². The van der Waals surface area contributed by atoms with Gasteiger partial charge in [0.05, 0.1) is 12.1 Å². The summed E-state index contributed by atoms with van der Waals surface area (Å²) in [5, 5.41) is 30.1. The van der Waals surface area contributed by atoms with Crippen LogP contribution in [-0.4, -0.2) is 82.7 Å². The first-order valence-electron chi connectivity index (χ1n) is 10.7. The van der Waals surface area contributed by atoms with E-state index >= 15 is 0 Å². The number of thioether (sulfide) groups is 1. The molecule has 0 aliphatic carbocycles. The molecule has 1 aliphatic rings. The molecular formula is C20H36N4O6S. The van der Waals surface area contributed by atoms with Gasteiger partial charge in [-0.2, -0.15) is 11.8 Å². The summed E-state index contributed by atoms with van der Waals surface area (Å²) in [6, 6.07) is -3.72. The molecule has 11 heteroatoms. The van der Waals surface area contributed by atoms with Crippen LogP contribution in [0.4, 0.5) is 0 Å². The number of amides is 3. The number of carboxylic acid groups (broad SMARTS) is 1. The van der Waals surface area contributed by atoms with Gasteiger partial charge in [0.2, 0.25) is 17.7 Å². The molecule has 31 heavy (non-hydrogen) atoms. The van der Waals surface area contributed by atoms with Crippen molar-refractivity contribution in [2.45, 2.75) is 76.7 Å². The molecule has 0 saturated carbocycles. The number of nitrogens with one attached hydrogen (secondary N) is 4. The number of aliphatic hydroxyl groups is 1. The predicted octanol–water partition coefficient (Wildman–Crippen LogP) is -0.543. The molecule has 6 N–H and O–H groups in total. The topological polar surface area (TPSA) is 157 Å². The van der Waals surface area contributed by atoms with E-state index in [1.54, 1.807) is 6.92 Å². The average molecular weight is 461 g/mol. The lowest BCUT2D eigenvalue weighted by Crippen LogP contribution is -2.60. The maximum absolute atomic E-state index is 12.8. The van der Waals surface area contributed by atoms with E-state index in [9.17, 15) is 29.4 Å². The van der Waals surface area contributed by atoms with Crippen LogP contribution < -0.4 is 21.3 Å². The van der Waals surface area contributed by atoms with Crippen LogP contribution in [0, 0.1) is 5.92 Å². The van der Waals surface area contributed by atoms with E-state index in [1.165, 1.54) is 18.7 Å². The molecule has 6 unspecified atom stereocenters. The van der Waals surface area contributed by atoms with Gasteiger partial charge in [-0.3, -0.25) is 14.4 Å². The normalized spacial score (nSPS) is 20.7. The average Bonchev–Trinajstić information content (AvgIpc) is 3.26. The lowest BCUT2D eigenvalue weighted by Gasteiger charge is -2.27. The largest absolute Gasteiger partial charge is 0.480 e. The summed E-state index contributed by atoms with van der Waals surface area (Å²) in [5.41, 5.74) is 0. The fourth-order valence-corrected chi connectivity index (χ4v) is 3.74. The molecule has 0 aromatic rings. The minimum absolute atomic E-state index is 0.274. The Balaban J connectivity index is 2.88. The quantitative estimate of drug-likeness (QED) is 0.214. The van der Waals surface area contributed by atoms with Gasteiger partial charge in [0, 0.05) is 0 Å². The van der Waals surface area contributed by atoms with Crippen LogP contribution in [-0.2, 0) is 19.2 Å². The van der Waals surface area contributed by atoms with Crippen molar-refractivity contribution < 1.29 is 29.4 Å². The van der Waals surface area contributed by atoms with Crippen LogP contribution in [0.5, 0.6) is 0 Å². The van der Waals surface area contributed by atoms with Crippen LogP contribution in [0.3, 0.4) is 0 Å². The highest BCUT2D eigenvalue weighted by atomic mass is 32.2. The van der Waals surface area contributed by atoms with Crippen LogP contribution in [0.2, 0.25) is 0 Å². The van der Waals surface area contributed by atoms with E-state index in [0.29, 0.717) is 25.1 Å². The monoisotopic (exact) mass is 460 g/mol. The summed E-state index contributed by atoms with van der Waals surface area (Å²) < 4.78 is 0. The molecule has 3 amide bonds. The zero-order valence-corrected chi connectivity index (χ0v) is 19.5. The van der Waals surface area contributed by atoms with E-state index < -0.39 is 48.1 Å². The van der Waals surface area contributed by atoms with Gasteiger partial charge in [0.1, 0.15) is 18.1 Å². The number of carbonyl (C=O) groups is 4. The third-order valence-electron chi connectivity index (χ3n) is 5.46. The highest BCUT2D eigenvalue weighted by Crippen LogP contribution is 2.10. The second-order valence-electron chi connectivity index (χ2n) is 7.93. The molecule has 0 spiro atoms. The molecule has 178 valence electrons. The molecule has 1 heterocycles. The van der Waals surface area contributed by atoms with Gasteiger partial charge in [-0.1, -0.05) is 20.3 Å². The predicted molar refractivity (Wildman–Crippen MR) is 119 cm³/mol. The Hall–Kier alpha value is -1.85. The molecule has 1 aliphatic heterocycles. The Bertz CT molecular complexity index is 627. The molecule has 0 radical (unpaired) electrons. The van der Waals surface area contributed by atoms with Crippen molar-refractivity contribution >= 4 is 35.5 Å². The first-order chi connectivity index (χ1) is 14.6. The number of rotatable bonds is 13. The zero-order chi connectivity index (χ0) is 23.6. The number of hydrogen-bond donors (Lipinski definition) is 6. The first kappa shape index (κ1) is 27.2. The maximum atomic E-state index is 12.8. The van der Waals surface area contributed by atoms with Crippen LogP contribution in [0.25, 0.3) is 0 Å². The Labute approximate surface area is 187 Å². The second-order valence-corrected chi connectivity index (χ2v) is 8.91. The Morgan fingerprint density at radius 2 is 1.77 bits per heavy atom. The zero-order valence-electron chi connectivity index (χ0n) is 18.6. The standard InChI is InChI=1S/C20H36N4O6S/c1-5-11(2)15(20(29)30)23-18(27)14(8-10-31-4)22-19(28)16(12(3)25)24-17(26)13-7-6-9-21-13/h11-16,21,25H,5-10H2,1-4H3,(H,22,28)(H,23,27)(H,24,26)(H,29,30). The summed E-state index contributed by atoms with van der Waals surface area (Å²) in [6.45, 7) is 5.65. The van der Waals surface area contributed by atoms with E-state index in [0.717, 1.165) is 6.42 Å². The molecule has 1 rings (SSSR count). The molecule has 0 bridgehead atoms. The lowest BCUT2D eigenvalue weighted by atomic mass is 9.98. The van der Waals surface area contributed by atoms with Crippen LogP contribution in [0.15, 0.2) is 0 Å². The minimum Gasteiger partial charge on any atom is -0.480 e. The third kappa shape index (κ3) is 8.66. The number of carbonyl (C=O) groups excluding carboxylic acids is 3. The van der Waals surface area contributed by atoms with Gasteiger partial charge >= 0.3 is 5.97 Å². The summed E-state index contributed by atoms with van der Waals surface area (Å²) in [4.78, 5) is 49.5. The Morgan fingerprint density at radius 1 is 1.10 bits per heavy atom. The first-order valence-corrected chi connectivity index (χ1v) is 12.1. The van der Waals surface area contributed by atoms with E-state index in [1.807, 2.05) is 13.2 Å². The van der Waals surface area contributed by atoms with Gasteiger partial charge < -0.3 is 31.5 Å². The van der Waals surface area contributed by atoms with Gasteiger partial charge in [-0.25, -0.2) is 4.79 Å². The minimum atomic E-state index is -1.23. The third-order valence-corrected chi connectivity index (χ3v) is 6.10. The van der Waals surface area contributed by atoms with Crippen molar-refractivity contribution in [3.63, 3.8) is 0 Å². The van der Waals surface area contributed by atoms with Crippen molar-refractivity contribution in [3.05, 3.63) is 0 Å². The Morgan fingerprint density at radius 3 is 2.26 bits per heavy atom. The van der Waals surface area contributed by atoms with Crippen molar-refractivity contribution in [1.29, 1.82) is 0 Å². The molecule has 1 saturated heterocycles. The van der Waals surface area contributed by atoms with Gasteiger partial charge in [-0.15, -0.1) is 0 Å². The highest BCUT2D eigenvalue weighted by molar-refractivity contribution is 7.98. The maximum Gasteiger partial charge on any atom is 0.326 e. The second kappa shape index (κ2) is 13.5. The van der Waals surface area contributed by atoms with Crippen LogP contribution in [0.1, 0.15) is 46.5 Å². The lowest BCUT2D eigenvalue weighted by molar-refractivity contribution is -0.144. The van der Waals surface area contributed by atoms with Crippen molar-refractivity contribution in [2.75, 3.05) is 18.6 Å². The smallest absolute Gasteiger partial charge is 0.326 e. The molecule has 10 nitrogen and oxygen atoms in total. The van der Waals surface area contributed by atoms with E-state index in [-0.39, 0.29) is 18.2 Å². The molecule has 6 atom stereocenters. The van der Waals surface area contributed by atoms with Crippen molar-refractivity contribution in [3.8, 4) is 0 Å². The summed E-state index contributed by atoms with van der Waals surface area (Å²) in [7, 11) is 0. The van der Waals surface area contributed by atoms with E-state index in [2.05, 4.69) is 21.3 Å². The number of aliphatic hydroxyl groups excluding tert-OH is 1. The van der Waals surface area contributed by atoms with Crippen molar-refractivity contribution in [2.24, 2.45) is 5.92 Å². The number of aliphatic carboxylic acids is 1. The number of hydrogen-bond acceptors (Lipinski definition) is 7. The molecule has 1 fully saturated rings.